The number of halogens is 8. The van der Waals surface area contributed by atoms with Gasteiger partial charge in [-0.05, 0) is 0 Å². The molecule has 0 unspecified atom stereocenters. The van der Waals surface area contributed by atoms with Gasteiger partial charge in [-0.15, -0.1) is 0 Å². The summed E-state index contributed by atoms with van der Waals surface area (Å²) in [5.74, 6) is 0. The van der Waals surface area contributed by atoms with Crippen molar-refractivity contribution in [3.8, 4) is 0 Å². The third-order valence-electron chi connectivity index (χ3n) is 0.143. The van der Waals surface area contributed by atoms with Gasteiger partial charge in [0.25, 0.3) is 0 Å². The van der Waals surface area contributed by atoms with Crippen LogP contribution in [0.5, 0.6) is 0 Å². The second kappa shape index (κ2) is 15.7. The maximum absolute atomic E-state index is 10.3. The molecule has 0 bridgehead atoms. The normalized spacial score (nSPS) is 4.80. The average molecular weight is 180 g/mol. The van der Waals surface area contributed by atoms with Crippen LogP contribution >= 0.6 is 0 Å². The molecule has 68 valence electrons. The Kier molecular flexibility index (Phi) is 55.3. The van der Waals surface area contributed by atoms with Gasteiger partial charge in [0.1, 0.15) is 0 Å². The SMILES string of the molecule is F.F.F.F.FC(F)=C(F)F. The maximum atomic E-state index is 10.3. The van der Waals surface area contributed by atoms with E-state index in [9.17, 15) is 17.6 Å². The lowest BCUT2D eigenvalue weighted by atomic mass is 11.1. The average Bonchev–Trinajstić information content (AvgIpc) is 1.36. The first-order valence-corrected chi connectivity index (χ1v) is 1.01. The van der Waals surface area contributed by atoms with Crippen LogP contribution in [0.15, 0.2) is 12.2 Å². The largest absolute Gasteiger partial charge is 0.334 e. The summed E-state index contributed by atoms with van der Waals surface area (Å²) in [5.41, 5.74) is 0. The van der Waals surface area contributed by atoms with Crippen molar-refractivity contribution < 1.29 is 36.4 Å². The summed E-state index contributed by atoms with van der Waals surface area (Å²) < 4.78 is 41.1. The molecule has 0 aliphatic rings. The fourth-order valence-electron chi connectivity index (χ4n) is 0. The van der Waals surface area contributed by atoms with Gasteiger partial charge < -0.3 is 0 Å². The second-order valence-electron chi connectivity index (χ2n) is 0.521. The van der Waals surface area contributed by atoms with E-state index in [1.54, 1.807) is 0 Å². The molecule has 0 aromatic rings. The minimum atomic E-state index is -2.91. The molecule has 0 N–H and O–H groups in total. The van der Waals surface area contributed by atoms with Gasteiger partial charge >= 0.3 is 12.2 Å². The van der Waals surface area contributed by atoms with E-state index in [1.807, 2.05) is 0 Å². The standard InChI is InChI=1S/C2F4.4FH/c3-1(4)2(5)6;;;;/h;4*1H. The third kappa shape index (κ3) is 27.1. The van der Waals surface area contributed by atoms with Crippen LogP contribution in [0.1, 0.15) is 0 Å². The second-order valence-corrected chi connectivity index (χ2v) is 0.521. The van der Waals surface area contributed by atoms with E-state index in [-0.39, 0.29) is 18.8 Å². The summed E-state index contributed by atoms with van der Waals surface area (Å²) >= 11 is 0. The maximum Gasteiger partial charge on any atom is 0.334 e. The molecular formula is C2H4F8. The summed E-state index contributed by atoms with van der Waals surface area (Å²) in [5, 5.41) is 0. The van der Waals surface area contributed by atoms with Crippen molar-refractivity contribution in [2.24, 2.45) is 0 Å². The van der Waals surface area contributed by atoms with E-state index >= 15 is 0 Å². The third-order valence-corrected chi connectivity index (χ3v) is 0.143. The van der Waals surface area contributed by atoms with Crippen LogP contribution in [-0.4, -0.2) is 0 Å². The Morgan fingerprint density at radius 1 is 0.500 bits per heavy atom. The summed E-state index contributed by atoms with van der Waals surface area (Å²) in [7, 11) is 0. The molecule has 0 spiro atoms. The molecule has 0 radical (unpaired) electrons. The van der Waals surface area contributed by atoms with E-state index in [0.29, 0.717) is 0 Å². The summed E-state index contributed by atoms with van der Waals surface area (Å²) in [6.07, 6.45) is -5.81. The van der Waals surface area contributed by atoms with Gasteiger partial charge in [0.15, 0.2) is 0 Å². The highest BCUT2D eigenvalue weighted by Crippen LogP contribution is 2.08. The highest BCUT2D eigenvalue weighted by Gasteiger charge is 1.98. The van der Waals surface area contributed by atoms with Crippen molar-refractivity contribution in [2.75, 3.05) is 0 Å². The Labute approximate surface area is 50.0 Å². The first kappa shape index (κ1) is 35.2. The highest BCUT2D eigenvalue weighted by molar-refractivity contribution is 4.77. The summed E-state index contributed by atoms with van der Waals surface area (Å²) in [6.45, 7) is 0. The molecule has 0 aliphatic carbocycles. The number of hydrogen-bond donors (Lipinski definition) is 0. The Morgan fingerprint density at radius 3 is 0.600 bits per heavy atom. The van der Waals surface area contributed by atoms with Crippen molar-refractivity contribution in [3.05, 3.63) is 12.2 Å². The lowest BCUT2D eigenvalue weighted by molar-refractivity contribution is 0.308. The first-order valence-electron chi connectivity index (χ1n) is 1.01. The molecule has 0 fully saturated rings. The molecule has 8 heteroatoms. The zero-order chi connectivity index (χ0) is 5.15. The van der Waals surface area contributed by atoms with Gasteiger partial charge in [-0.25, -0.2) is 0 Å². The van der Waals surface area contributed by atoms with Crippen LogP contribution in [0.3, 0.4) is 0 Å². The van der Waals surface area contributed by atoms with Gasteiger partial charge in [-0.2, -0.15) is 17.6 Å². The van der Waals surface area contributed by atoms with E-state index < -0.39 is 12.2 Å². The molecule has 0 amide bonds. The van der Waals surface area contributed by atoms with Crippen LogP contribution in [0.2, 0.25) is 0 Å². The van der Waals surface area contributed by atoms with Gasteiger partial charge in [0, 0.05) is 0 Å². The highest BCUT2D eigenvalue weighted by atomic mass is 19.3. The van der Waals surface area contributed by atoms with Crippen molar-refractivity contribution in [1.29, 1.82) is 0 Å². The zero-order valence-corrected chi connectivity index (χ0v) is 4.14. The molecule has 0 aliphatic heterocycles. The van der Waals surface area contributed by atoms with Crippen LogP contribution in [0, 0.1) is 0 Å². The van der Waals surface area contributed by atoms with Crippen LogP contribution in [0.4, 0.5) is 36.4 Å². The van der Waals surface area contributed by atoms with E-state index in [4.69, 9.17) is 0 Å². The van der Waals surface area contributed by atoms with Gasteiger partial charge in [0.2, 0.25) is 0 Å². The Morgan fingerprint density at radius 2 is 0.600 bits per heavy atom. The van der Waals surface area contributed by atoms with Gasteiger partial charge in [0.05, 0.1) is 0 Å². The van der Waals surface area contributed by atoms with Crippen molar-refractivity contribution >= 4 is 0 Å². The van der Waals surface area contributed by atoms with Crippen molar-refractivity contribution in [1.82, 2.24) is 0 Å². The molecule has 0 aromatic carbocycles. The minimum Gasteiger partial charge on any atom is -0.269 e. The molecule has 0 nitrogen and oxygen atoms in total. The molecule has 0 heterocycles. The Hall–Kier alpha value is -0.820. The smallest absolute Gasteiger partial charge is 0.269 e. The molecule has 0 atom stereocenters. The fourth-order valence-corrected chi connectivity index (χ4v) is 0. The van der Waals surface area contributed by atoms with E-state index in [0.717, 1.165) is 0 Å². The van der Waals surface area contributed by atoms with Gasteiger partial charge in [-0.1, -0.05) is 0 Å². The van der Waals surface area contributed by atoms with Crippen LogP contribution in [-0.2, 0) is 0 Å². The summed E-state index contributed by atoms with van der Waals surface area (Å²) in [6, 6.07) is 0. The first-order chi connectivity index (χ1) is 2.64. The lowest BCUT2D eigenvalue weighted by Crippen LogP contribution is -1.56. The molecule has 0 saturated heterocycles. The van der Waals surface area contributed by atoms with Crippen LogP contribution in [0.25, 0.3) is 0 Å². The topological polar surface area (TPSA) is 0 Å². The molecular weight excluding hydrogens is 176 g/mol. The predicted octanol–water partition coefficient (Wildman–Crippen LogP) is 2.60. The van der Waals surface area contributed by atoms with Crippen LogP contribution < -0.4 is 0 Å². The van der Waals surface area contributed by atoms with E-state index in [1.165, 1.54) is 0 Å². The van der Waals surface area contributed by atoms with Gasteiger partial charge in [-0.3, -0.25) is 18.8 Å². The number of hydrogen-bond acceptors (Lipinski definition) is 0. The minimum absolute atomic E-state index is 0. The van der Waals surface area contributed by atoms with Crippen molar-refractivity contribution in [3.63, 3.8) is 0 Å². The fraction of sp³-hybridized carbons (Fsp3) is 0. The van der Waals surface area contributed by atoms with E-state index in [2.05, 4.69) is 0 Å². The monoisotopic (exact) mass is 180 g/mol. The predicted molar refractivity (Wildman–Crippen MR) is 21.5 cm³/mol. The molecule has 0 saturated carbocycles. The molecule has 0 aromatic heterocycles. The quantitative estimate of drug-likeness (QED) is 0.502. The lowest BCUT2D eigenvalue weighted by Gasteiger charge is -1.69. The molecule has 10 heavy (non-hydrogen) atoms. The number of rotatable bonds is 0. The molecule has 0 rings (SSSR count). The summed E-state index contributed by atoms with van der Waals surface area (Å²) in [4.78, 5) is 0. The van der Waals surface area contributed by atoms with Crippen molar-refractivity contribution in [2.45, 2.75) is 0 Å². The zero-order valence-electron chi connectivity index (χ0n) is 4.14. The Balaban J connectivity index is -0.0000000208. The Bertz CT molecular complexity index is 57.3.